The van der Waals surface area contributed by atoms with Crippen LogP contribution in [0.25, 0.3) is 6.58 Å². The van der Waals surface area contributed by atoms with Crippen molar-refractivity contribution in [3.8, 4) is 5.75 Å². The van der Waals surface area contributed by atoms with E-state index in [1.165, 1.54) is 0 Å². The summed E-state index contributed by atoms with van der Waals surface area (Å²) in [5.41, 5.74) is 0. The molecule has 0 saturated carbocycles. The average Bonchev–Trinajstić information content (AvgIpc) is 2.36. The van der Waals surface area contributed by atoms with Gasteiger partial charge in [-0.15, -0.1) is 0 Å². The van der Waals surface area contributed by atoms with Crippen LogP contribution in [0.1, 0.15) is 0 Å². The van der Waals surface area contributed by atoms with Crippen LogP contribution in [0.2, 0.25) is 0 Å². The molecule has 0 saturated heterocycles. The molecule has 3 heteroatoms. The summed E-state index contributed by atoms with van der Waals surface area (Å²) in [5, 5.41) is 5.11. The third-order valence-corrected chi connectivity index (χ3v) is 1.34. The Morgan fingerprint density at radius 3 is 3.10 bits per heavy atom. The largest absolute Gasteiger partial charge is 0.265 e. The van der Waals surface area contributed by atoms with Crippen LogP contribution in [0.15, 0.2) is 23.4 Å². The summed E-state index contributed by atoms with van der Waals surface area (Å²) in [6, 6.07) is 5.46. The summed E-state index contributed by atoms with van der Waals surface area (Å²) >= 11 is 0. The fourth-order valence-corrected chi connectivity index (χ4v) is 0.835. The lowest BCUT2D eigenvalue weighted by Gasteiger charge is -1.87. The molecule has 3 nitrogen and oxygen atoms in total. The van der Waals surface area contributed by atoms with E-state index < -0.39 is 0 Å². The van der Waals surface area contributed by atoms with Gasteiger partial charge in [-0.25, -0.2) is 0 Å². The number of rotatable bonds is 0. The summed E-state index contributed by atoms with van der Waals surface area (Å²) in [5.74, 6) is 0.632. The van der Waals surface area contributed by atoms with E-state index in [-0.39, 0.29) is 0 Å². The van der Waals surface area contributed by atoms with Gasteiger partial charge in [0.1, 0.15) is 0 Å². The molecule has 0 atom stereocenters. The van der Waals surface area contributed by atoms with E-state index in [9.17, 15) is 0 Å². The predicted molar refractivity (Wildman–Crippen MR) is 34.5 cm³/mol. The standard InChI is InChI=1S/C7H5NO2/c1-5-3-2-4-6-7(5)8-10-9-6/h2-4H,1H2. The zero-order valence-electron chi connectivity index (χ0n) is 5.20. The van der Waals surface area contributed by atoms with Crippen molar-refractivity contribution in [1.29, 1.82) is 0 Å². The summed E-state index contributed by atoms with van der Waals surface area (Å²) in [6.07, 6.45) is 0. The monoisotopic (exact) mass is 135 g/mol. The maximum absolute atomic E-state index is 4.67. The molecule has 1 heterocycles. The maximum Gasteiger partial charge on any atom is 0.210 e. The molecule has 0 N–H and O–H groups in total. The SMILES string of the molecule is C=c1cccc2c1=NOO2. The normalized spacial score (nSPS) is 12.8. The molecule has 0 aromatic heterocycles. The van der Waals surface area contributed by atoms with Gasteiger partial charge < -0.3 is 0 Å². The van der Waals surface area contributed by atoms with E-state index in [4.69, 9.17) is 0 Å². The number of hydrogen-bond donors (Lipinski definition) is 0. The zero-order valence-corrected chi connectivity index (χ0v) is 5.20. The Morgan fingerprint density at radius 1 is 1.40 bits per heavy atom. The van der Waals surface area contributed by atoms with Crippen LogP contribution in [0.3, 0.4) is 0 Å². The van der Waals surface area contributed by atoms with Crippen LogP contribution in [-0.4, -0.2) is 0 Å². The number of nitrogens with zero attached hydrogens (tertiary/aromatic N) is 1. The quantitative estimate of drug-likeness (QED) is 0.467. The Morgan fingerprint density at radius 2 is 2.30 bits per heavy atom. The van der Waals surface area contributed by atoms with Crippen molar-refractivity contribution in [3.05, 3.63) is 28.8 Å². The molecule has 0 fully saturated rings. The van der Waals surface area contributed by atoms with Crippen molar-refractivity contribution in [2.75, 3.05) is 0 Å². The molecule has 0 radical (unpaired) electrons. The molecule has 0 bridgehead atoms. The van der Waals surface area contributed by atoms with E-state index in [2.05, 4.69) is 21.6 Å². The third-order valence-electron chi connectivity index (χ3n) is 1.34. The Labute approximate surface area is 57.1 Å². The van der Waals surface area contributed by atoms with Crippen LogP contribution in [0, 0.1) is 0 Å². The highest BCUT2D eigenvalue weighted by Crippen LogP contribution is 2.04. The first-order valence-corrected chi connectivity index (χ1v) is 2.87. The summed E-state index contributed by atoms with van der Waals surface area (Å²) in [4.78, 5) is 9.05. The van der Waals surface area contributed by atoms with E-state index in [1.54, 1.807) is 6.07 Å². The molecule has 0 spiro atoms. The Hall–Kier alpha value is -1.51. The minimum absolute atomic E-state index is 0.632. The van der Waals surface area contributed by atoms with Gasteiger partial charge in [-0.1, -0.05) is 18.7 Å². The average molecular weight is 135 g/mol. The van der Waals surface area contributed by atoms with E-state index >= 15 is 0 Å². The predicted octanol–water partition coefficient (Wildman–Crippen LogP) is -0.0445. The molecule has 0 aliphatic carbocycles. The minimum atomic E-state index is 0.632. The second-order valence-electron chi connectivity index (χ2n) is 2.01. The fraction of sp³-hybridized carbons (Fsp3) is 0. The molecular weight excluding hydrogens is 130 g/mol. The molecule has 0 unspecified atom stereocenters. The second kappa shape index (κ2) is 1.73. The van der Waals surface area contributed by atoms with E-state index in [0.717, 1.165) is 5.22 Å². The van der Waals surface area contributed by atoms with Crippen LogP contribution in [0.4, 0.5) is 0 Å². The molecule has 1 aromatic rings. The molecule has 2 rings (SSSR count). The summed E-state index contributed by atoms with van der Waals surface area (Å²) in [7, 11) is 0. The minimum Gasteiger partial charge on any atom is -0.265 e. The van der Waals surface area contributed by atoms with Gasteiger partial charge in [-0.2, -0.15) is 4.99 Å². The van der Waals surface area contributed by atoms with Crippen LogP contribution in [0.5, 0.6) is 5.75 Å². The highest BCUT2D eigenvalue weighted by Gasteiger charge is 2.05. The first-order chi connectivity index (χ1) is 4.88. The van der Waals surface area contributed by atoms with Gasteiger partial charge in [0.05, 0.1) is 0 Å². The van der Waals surface area contributed by atoms with Gasteiger partial charge in [-0.3, -0.25) is 4.89 Å². The molecule has 10 heavy (non-hydrogen) atoms. The lowest BCUT2D eigenvalue weighted by Crippen LogP contribution is -2.20. The van der Waals surface area contributed by atoms with Gasteiger partial charge in [0, 0.05) is 5.22 Å². The summed E-state index contributed by atoms with van der Waals surface area (Å²) in [6.45, 7) is 3.74. The highest BCUT2D eigenvalue weighted by atomic mass is 17.3. The fourth-order valence-electron chi connectivity index (χ4n) is 0.835. The lowest BCUT2D eigenvalue weighted by molar-refractivity contribution is -0.194. The first-order valence-electron chi connectivity index (χ1n) is 2.87. The van der Waals surface area contributed by atoms with Crippen molar-refractivity contribution in [2.24, 2.45) is 5.16 Å². The van der Waals surface area contributed by atoms with Crippen LogP contribution in [-0.2, 0) is 4.99 Å². The molecule has 0 amide bonds. The highest BCUT2D eigenvalue weighted by molar-refractivity contribution is 5.24. The lowest BCUT2D eigenvalue weighted by atomic mass is 10.3. The number of benzene rings is 1. The molecular formula is C7H5NO2. The molecule has 1 aromatic carbocycles. The van der Waals surface area contributed by atoms with Crippen molar-refractivity contribution >= 4 is 6.58 Å². The molecule has 1 aliphatic heterocycles. The Bertz CT molecular complexity index is 358. The van der Waals surface area contributed by atoms with Gasteiger partial charge >= 0.3 is 0 Å². The van der Waals surface area contributed by atoms with E-state index in [0.29, 0.717) is 11.1 Å². The second-order valence-corrected chi connectivity index (χ2v) is 2.01. The summed E-state index contributed by atoms with van der Waals surface area (Å²) < 4.78 is 0. The van der Waals surface area contributed by atoms with Gasteiger partial charge in [0.2, 0.25) is 5.75 Å². The van der Waals surface area contributed by atoms with Crippen LogP contribution >= 0.6 is 0 Å². The number of fused-ring (bicyclic) bond motifs is 1. The number of hydrogen-bond acceptors (Lipinski definition) is 3. The zero-order chi connectivity index (χ0) is 6.97. The van der Waals surface area contributed by atoms with E-state index in [1.807, 2.05) is 12.1 Å². The van der Waals surface area contributed by atoms with Crippen molar-refractivity contribution in [3.63, 3.8) is 0 Å². The molecule has 1 aliphatic rings. The maximum atomic E-state index is 4.67. The van der Waals surface area contributed by atoms with Gasteiger partial charge in [0.15, 0.2) is 5.36 Å². The van der Waals surface area contributed by atoms with Crippen LogP contribution < -0.4 is 15.5 Å². The Balaban J connectivity index is 2.91. The first kappa shape index (κ1) is 5.29. The van der Waals surface area contributed by atoms with Crippen molar-refractivity contribution in [1.82, 2.24) is 0 Å². The molecule has 50 valence electrons. The third kappa shape index (κ3) is 0.572. The van der Waals surface area contributed by atoms with Crippen molar-refractivity contribution in [2.45, 2.75) is 0 Å². The topological polar surface area (TPSA) is 30.8 Å². The smallest absolute Gasteiger partial charge is 0.210 e. The van der Waals surface area contributed by atoms with Gasteiger partial charge in [0.25, 0.3) is 0 Å². The van der Waals surface area contributed by atoms with Gasteiger partial charge in [-0.05, 0) is 11.2 Å². The Kier molecular flexibility index (Phi) is 0.917. The van der Waals surface area contributed by atoms with Crippen molar-refractivity contribution < 1.29 is 9.88 Å².